The quantitative estimate of drug-likeness (QED) is 0.486. The van der Waals surface area contributed by atoms with Gasteiger partial charge < -0.3 is 5.11 Å². The van der Waals surface area contributed by atoms with Crippen molar-refractivity contribution in [1.82, 2.24) is 10.3 Å². The Kier molecular flexibility index (Phi) is 1.61. The maximum absolute atomic E-state index is 9.37. The first-order valence-corrected chi connectivity index (χ1v) is 3.66. The van der Waals surface area contributed by atoms with Gasteiger partial charge in [-0.05, 0) is 6.07 Å². The molecule has 0 unspecified atom stereocenters. The highest BCUT2D eigenvalue weighted by Crippen LogP contribution is 2.00. The minimum absolute atomic E-state index is 0.0564. The van der Waals surface area contributed by atoms with E-state index in [1.54, 1.807) is 12.1 Å². The molecule has 68 valence electrons. The van der Waals surface area contributed by atoms with Crippen LogP contribution in [0.2, 0.25) is 0 Å². The second-order valence-electron chi connectivity index (χ2n) is 2.68. The van der Waals surface area contributed by atoms with Crippen LogP contribution in [0.3, 0.4) is 0 Å². The highest BCUT2D eigenvalue weighted by molar-refractivity contribution is 5.39. The van der Waals surface area contributed by atoms with Crippen molar-refractivity contribution in [3.8, 4) is 5.75 Å². The Hall–Kier alpha value is -1.72. The standard InChI is InChI=1S/C8H8N2O3/c11-8-3-1-2-6-4-9(12)10(13)5-7(6)8/h1-5,11-13H. The van der Waals surface area contributed by atoms with Gasteiger partial charge in [0.05, 0.1) is 12.4 Å². The number of phenols is 1. The molecule has 3 N–H and O–H groups in total. The van der Waals surface area contributed by atoms with Crippen LogP contribution in [0.5, 0.6) is 5.75 Å². The fourth-order valence-corrected chi connectivity index (χ4v) is 1.18. The summed E-state index contributed by atoms with van der Waals surface area (Å²) in [5.41, 5.74) is 0. The summed E-state index contributed by atoms with van der Waals surface area (Å²) in [6.07, 6.45) is 2.50. The van der Waals surface area contributed by atoms with Crippen LogP contribution in [0.25, 0.3) is 12.4 Å². The van der Waals surface area contributed by atoms with Gasteiger partial charge in [-0.1, -0.05) is 12.1 Å². The molecule has 0 amide bonds. The van der Waals surface area contributed by atoms with Crippen LogP contribution in [-0.4, -0.2) is 25.9 Å². The molecule has 1 heterocycles. The van der Waals surface area contributed by atoms with Gasteiger partial charge in [-0.3, -0.25) is 10.4 Å². The third-order valence-electron chi connectivity index (χ3n) is 1.83. The van der Waals surface area contributed by atoms with Crippen LogP contribution in [0.1, 0.15) is 0 Å². The molecule has 1 aliphatic heterocycles. The van der Waals surface area contributed by atoms with Crippen molar-refractivity contribution in [3.63, 3.8) is 0 Å². The molecule has 0 atom stereocenters. The summed E-state index contributed by atoms with van der Waals surface area (Å²) in [5.74, 6) is 0.0564. The zero-order valence-electron chi connectivity index (χ0n) is 6.62. The van der Waals surface area contributed by atoms with E-state index in [4.69, 9.17) is 10.4 Å². The maximum atomic E-state index is 9.37. The molecule has 1 aromatic rings. The highest BCUT2D eigenvalue weighted by Gasteiger charge is 2.07. The van der Waals surface area contributed by atoms with Gasteiger partial charge in [-0.25, -0.2) is 0 Å². The number of hydrazine groups is 1. The SMILES string of the molecule is Oc1cccc2c1=CN(O)N(O)C=2. The molecule has 0 aliphatic carbocycles. The molecular formula is C8H8N2O3. The van der Waals surface area contributed by atoms with Gasteiger partial charge in [0.1, 0.15) is 5.75 Å². The zero-order chi connectivity index (χ0) is 9.42. The lowest BCUT2D eigenvalue weighted by atomic mass is 10.2. The molecule has 2 rings (SSSR count). The molecular weight excluding hydrogens is 172 g/mol. The van der Waals surface area contributed by atoms with Crippen molar-refractivity contribution in [2.24, 2.45) is 0 Å². The van der Waals surface area contributed by atoms with Crippen molar-refractivity contribution < 1.29 is 15.5 Å². The molecule has 5 heteroatoms. The Balaban J connectivity index is 2.77. The first-order valence-electron chi connectivity index (χ1n) is 3.66. The van der Waals surface area contributed by atoms with Crippen LogP contribution in [-0.2, 0) is 0 Å². The average Bonchev–Trinajstić information content (AvgIpc) is 2.09. The summed E-state index contributed by atoms with van der Waals surface area (Å²) in [6.45, 7) is 0. The number of hydroxylamine groups is 2. The van der Waals surface area contributed by atoms with Crippen LogP contribution >= 0.6 is 0 Å². The third kappa shape index (κ3) is 1.20. The molecule has 1 aliphatic rings. The number of rotatable bonds is 0. The second-order valence-corrected chi connectivity index (χ2v) is 2.68. The lowest BCUT2D eigenvalue weighted by molar-refractivity contribution is -0.288. The number of aromatic hydroxyl groups is 1. The van der Waals surface area contributed by atoms with Crippen molar-refractivity contribution in [3.05, 3.63) is 28.6 Å². The van der Waals surface area contributed by atoms with Gasteiger partial charge in [-0.2, -0.15) is 0 Å². The molecule has 1 aromatic carbocycles. The largest absolute Gasteiger partial charge is 0.507 e. The predicted molar refractivity (Wildman–Crippen MR) is 43.5 cm³/mol. The average molecular weight is 180 g/mol. The topological polar surface area (TPSA) is 67.2 Å². The first-order chi connectivity index (χ1) is 6.18. The van der Waals surface area contributed by atoms with Crippen molar-refractivity contribution in [2.75, 3.05) is 0 Å². The fourth-order valence-electron chi connectivity index (χ4n) is 1.18. The second kappa shape index (κ2) is 2.65. The Labute approximate surface area is 73.6 Å². The monoisotopic (exact) mass is 180 g/mol. The molecule has 0 radical (unpaired) electrons. The van der Waals surface area contributed by atoms with E-state index in [2.05, 4.69) is 0 Å². The van der Waals surface area contributed by atoms with Gasteiger partial charge >= 0.3 is 0 Å². The summed E-state index contributed by atoms with van der Waals surface area (Å²) >= 11 is 0. The smallest absolute Gasteiger partial charge is 0.125 e. The number of phenolic OH excluding ortho intramolecular Hbond substituents is 1. The van der Waals surface area contributed by atoms with Gasteiger partial charge in [0.15, 0.2) is 0 Å². The van der Waals surface area contributed by atoms with Crippen molar-refractivity contribution in [2.45, 2.75) is 0 Å². The minimum Gasteiger partial charge on any atom is -0.507 e. The maximum Gasteiger partial charge on any atom is 0.125 e. The number of hydrogen-bond acceptors (Lipinski definition) is 5. The van der Waals surface area contributed by atoms with Crippen LogP contribution in [0.15, 0.2) is 18.2 Å². The number of benzene rings is 1. The molecule has 0 aromatic heterocycles. The molecule has 0 bridgehead atoms. The van der Waals surface area contributed by atoms with E-state index in [1.165, 1.54) is 18.5 Å². The number of nitrogens with zero attached hydrogens (tertiary/aromatic N) is 2. The van der Waals surface area contributed by atoms with Crippen LogP contribution < -0.4 is 10.4 Å². The van der Waals surface area contributed by atoms with E-state index < -0.39 is 0 Å². The summed E-state index contributed by atoms with van der Waals surface area (Å²) in [4.78, 5) is 0. The first kappa shape index (κ1) is 7.90. The van der Waals surface area contributed by atoms with Gasteiger partial charge in [0, 0.05) is 10.4 Å². The zero-order valence-corrected chi connectivity index (χ0v) is 6.62. The molecule has 0 fully saturated rings. The lowest BCUT2D eigenvalue weighted by Crippen LogP contribution is -2.41. The van der Waals surface area contributed by atoms with E-state index >= 15 is 0 Å². The number of hydrogen-bond donors (Lipinski definition) is 3. The lowest BCUT2D eigenvalue weighted by Gasteiger charge is -2.22. The van der Waals surface area contributed by atoms with Crippen LogP contribution in [0, 0.1) is 0 Å². The Bertz CT molecular complexity index is 443. The van der Waals surface area contributed by atoms with E-state index in [0.29, 0.717) is 20.8 Å². The molecule has 0 spiro atoms. The van der Waals surface area contributed by atoms with Gasteiger partial charge in [-0.15, -0.1) is 10.3 Å². The summed E-state index contributed by atoms with van der Waals surface area (Å²) in [5, 5.41) is 29.6. The summed E-state index contributed by atoms with van der Waals surface area (Å²) < 4.78 is 0. The molecule has 0 saturated heterocycles. The van der Waals surface area contributed by atoms with E-state index in [1.807, 2.05) is 0 Å². The summed E-state index contributed by atoms with van der Waals surface area (Å²) in [6, 6.07) is 4.87. The molecule has 5 nitrogen and oxygen atoms in total. The van der Waals surface area contributed by atoms with Crippen molar-refractivity contribution >= 4 is 12.4 Å². The normalized spacial score (nSPS) is 14.6. The molecule has 13 heavy (non-hydrogen) atoms. The highest BCUT2D eigenvalue weighted by atomic mass is 16.7. The Morgan fingerprint density at radius 1 is 1.00 bits per heavy atom. The van der Waals surface area contributed by atoms with Gasteiger partial charge in [0.25, 0.3) is 0 Å². The third-order valence-corrected chi connectivity index (χ3v) is 1.83. The fraction of sp³-hybridized carbons (Fsp3) is 0. The Morgan fingerprint density at radius 3 is 2.46 bits per heavy atom. The molecule has 0 saturated carbocycles. The van der Waals surface area contributed by atoms with E-state index in [0.717, 1.165) is 0 Å². The van der Waals surface area contributed by atoms with Crippen molar-refractivity contribution in [1.29, 1.82) is 0 Å². The number of fused-ring (bicyclic) bond motifs is 1. The van der Waals surface area contributed by atoms with Crippen LogP contribution in [0.4, 0.5) is 0 Å². The minimum atomic E-state index is 0.0564. The van der Waals surface area contributed by atoms with E-state index in [-0.39, 0.29) is 5.75 Å². The van der Waals surface area contributed by atoms with E-state index in [9.17, 15) is 5.11 Å². The predicted octanol–water partition coefficient (Wildman–Crippen LogP) is -0.821. The Morgan fingerprint density at radius 2 is 1.69 bits per heavy atom. The summed E-state index contributed by atoms with van der Waals surface area (Å²) in [7, 11) is 0. The van der Waals surface area contributed by atoms with Gasteiger partial charge in [0.2, 0.25) is 0 Å².